The Morgan fingerprint density at radius 1 is 1.33 bits per heavy atom. The van der Waals surface area contributed by atoms with Crippen molar-refractivity contribution >= 4 is 0 Å². The zero-order valence-corrected chi connectivity index (χ0v) is 9.15. The summed E-state index contributed by atoms with van der Waals surface area (Å²) in [4.78, 5) is 0. The normalized spacial score (nSPS) is 12.5. The van der Waals surface area contributed by atoms with E-state index in [0.29, 0.717) is 0 Å². The first-order valence-electron chi connectivity index (χ1n) is 5.38. The summed E-state index contributed by atoms with van der Waals surface area (Å²) in [5.41, 5.74) is 6.19. The number of ether oxygens (including phenoxy) is 1. The molecule has 0 heterocycles. The van der Waals surface area contributed by atoms with E-state index in [9.17, 15) is 5.11 Å². The molecular weight excluding hydrogens is 190 g/mol. The molecule has 0 spiro atoms. The minimum Gasteiger partial charge on any atom is -0.494 e. The molecule has 0 saturated heterocycles. The van der Waals surface area contributed by atoms with E-state index in [0.717, 1.165) is 30.8 Å². The van der Waals surface area contributed by atoms with Crippen LogP contribution in [0.2, 0.25) is 0 Å². The van der Waals surface area contributed by atoms with Gasteiger partial charge < -0.3 is 15.6 Å². The minimum absolute atomic E-state index is 0.246. The Kier molecular flexibility index (Phi) is 5.15. The average Bonchev–Trinajstić information content (AvgIpc) is 2.29. The van der Waals surface area contributed by atoms with Crippen LogP contribution in [0.1, 0.15) is 31.4 Å². The number of nitrogens with two attached hydrogens (primary N) is 1. The van der Waals surface area contributed by atoms with Gasteiger partial charge in [-0.25, -0.2) is 0 Å². The van der Waals surface area contributed by atoms with Gasteiger partial charge in [0.05, 0.1) is 12.7 Å². The van der Waals surface area contributed by atoms with Gasteiger partial charge in [0.1, 0.15) is 5.75 Å². The van der Waals surface area contributed by atoms with E-state index in [1.54, 1.807) is 0 Å². The van der Waals surface area contributed by atoms with E-state index in [-0.39, 0.29) is 6.54 Å². The summed E-state index contributed by atoms with van der Waals surface area (Å²) in [5, 5.41) is 9.47. The Labute approximate surface area is 90.9 Å². The molecule has 3 nitrogen and oxygen atoms in total. The van der Waals surface area contributed by atoms with E-state index in [1.807, 2.05) is 24.3 Å². The Balaban J connectivity index is 2.49. The quantitative estimate of drug-likeness (QED) is 0.703. The molecule has 0 amide bonds. The summed E-state index contributed by atoms with van der Waals surface area (Å²) in [6, 6.07) is 7.42. The third-order valence-corrected chi connectivity index (χ3v) is 2.25. The maximum Gasteiger partial charge on any atom is 0.119 e. The molecule has 1 aromatic rings. The Hall–Kier alpha value is -1.06. The van der Waals surface area contributed by atoms with Gasteiger partial charge in [0.15, 0.2) is 0 Å². The molecule has 0 radical (unpaired) electrons. The van der Waals surface area contributed by atoms with Crippen LogP contribution in [0.15, 0.2) is 24.3 Å². The summed E-state index contributed by atoms with van der Waals surface area (Å²) in [6.07, 6.45) is 1.62. The highest BCUT2D eigenvalue weighted by molar-refractivity contribution is 5.28. The van der Waals surface area contributed by atoms with Crippen molar-refractivity contribution in [3.8, 4) is 5.75 Å². The SMILES string of the molecule is CCCCOc1ccc(C(O)CN)cc1. The molecule has 0 aliphatic rings. The predicted octanol–water partition coefficient (Wildman–Crippen LogP) is 1.86. The molecule has 0 fully saturated rings. The van der Waals surface area contributed by atoms with Crippen molar-refractivity contribution in [2.24, 2.45) is 5.73 Å². The molecule has 84 valence electrons. The van der Waals surface area contributed by atoms with Gasteiger partial charge in [0, 0.05) is 6.54 Å². The molecule has 1 unspecified atom stereocenters. The first-order chi connectivity index (χ1) is 7.27. The zero-order chi connectivity index (χ0) is 11.1. The Morgan fingerprint density at radius 2 is 2.00 bits per heavy atom. The fourth-order valence-corrected chi connectivity index (χ4v) is 1.26. The lowest BCUT2D eigenvalue weighted by Crippen LogP contribution is -2.11. The predicted molar refractivity (Wildman–Crippen MR) is 60.9 cm³/mol. The number of unbranched alkanes of at least 4 members (excludes halogenated alkanes) is 1. The van der Waals surface area contributed by atoms with E-state index in [2.05, 4.69) is 6.92 Å². The van der Waals surface area contributed by atoms with Gasteiger partial charge in [-0.3, -0.25) is 0 Å². The van der Waals surface area contributed by atoms with Crippen molar-refractivity contribution < 1.29 is 9.84 Å². The Morgan fingerprint density at radius 3 is 2.53 bits per heavy atom. The van der Waals surface area contributed by atoms with Crippen molar-refractivity contribution in [1.82, 2.24) is 0 Å². The maximum atomic E-state index is 9.47. The smallest absolute Gasteiger partial charge is 0.119 e. The van der Waals surface area contributed by atoms with Crippen LogP contribution in [0.5, 0.6) is 5.75 Å². The van der Waals surface area contributed by atoms with Gasteiger partial charge in [0.25, 0.3) is 0 Å². The van der Waals surface area contributed by atoms with Crippen LogP contribution in [-0.4, -0.2) is 18.3 Å². The molecule has 0 aliphatic heterocycles. The van der Waals surface area contributed by atoms with E-state index < -0.39 is 6.10 Å². The van der Waals surface area contributed by atoms with Crippen molar-refractivity contribution in [3.05, 3.63) is 29.8 Å². The number of aliphatic hydroxyl groups is 1. The average molecular weight is 209 g/mol. The molecule has 3 N–H and O–H groups in total. The van der Waals surface area contributed by atoms with Crippen LogP contribution in [-0.2, 0) is 0 Å². The molecule has 15 heavy (non-hydrogen) atoms. The van der Waals surface area contributed by atoms with Gasteiger partial charge in [-0.1, -0.05) is 25.5 Å². The first kappa shape index (κ1) is 12.0. The molecule has 1 aromatic carbocycles. The number of hydrogen-bond donors (Lipinski definition) is 2. The van der Waals surface area contributed by atoms with Crippen LogP contribution in [0.3, 0.4) is 0 Å². The highest BCUT2D eigenvalue weighted by Gasteiger charge is 2.04. The monoisotopic (exact) mass is 209 g/mol. The molecule has 3 heteroatoms. The summed E-state index contributed by atoms with van der Waals surface area (Å²) >= 11 is 0. The fraction of sp³-hybridized carbons (Fsp3) is 0.500. The summed E-state index contributed by atoms with van der Waals surface area (Å²) < 4.78 is 5.50. The van der Waals surface area contributed by atoms with Crippen molar-refractivity contribution in [3.63, 3.8) is 0 Å². The van der Waals surface area contributed by atoms with Gasteiger partial charge in [-0.15, -0.1) is 0 Å². The first-order valence-corrected chi connectivity index (χ1v) is 5.38. The summed E-state index contributed by atoms with van der Waals surface area (Å²) in [5.74, 6) is 0.844. The van der Waals surface area contributed by atoms with Gasteiger partial charge in [0.2, 0.25) is 0 Å². The van der Waals surface area contributed by atoms with Crippen LogP contribution >= 0.6 is 0 Å². The standard InChI is InChI=1S/C12H19NO2/c1-2-3-8-15-11-6-4-10(5-7-11)12(14)9-13/h4-7,12,14H,2-3,8-9,13H2,1H3. The molecule has 1 atom stereocenters. The molecule has 0 aromatic heterocycles. The molecular formula is C12H19NO2. The van der Waals surface area contributed by atoms with Crippen molar-refractivity contribution in [2.45, 2.75) is 25.9 Å². The topological polar surface area (TPSA) is 55.5 Å². The summed E-state index contributed by atoms with van der Waals surface area (Å²) in [7, 11) is 0. The van der Waals surface area contributed by atoms with Gasteiger partial charge in [-0.05, 0) is 24.1 Å². The Bertz CT molecular complexity index is 271. The zero-order valence-electron chi connectivity index (χ0n) is 9.15. The van der Waals surface area contributed by atoms with Crippen LogP contribution < -0.4 is 10.5 Å². The molecule has 0 aliphatic carbocycles. The van der Waals surface area contributed by atoms with Crippen molar-refractivity contribution in [2.75, 3.05) is 13.2 Å². The van der Waals surface area contributed by atoms with Gasteiger partial charge in [-0.2, -0.15) is 0 Å². The number of benzene rings is 1. The third kappa shape index (κ3) is 3.90. The second-order valence-corrected chi connectivity index (χ2v) is 3.52. The lowest BCUT2D eigenvalue weighted by atomic mass is 10.1. The molecule has 0 bridgehead atoms. The molecule has 1 rings (SSSR count). The highest BCUT2D eigenvalue weighted by Crippen LogP contribution is 2.17. The van der Waals surface area contributed by atoms with E-state index in [4.69, 9.17) is 10.5 Å². The van der Waals surface area contributed by atoms with Crippen LogP contribution in [0.4, 0.5) is 0 Å². The third-order valence-electron chi connectivity index (χ3n) is 2.25. The maximum absolute atomic E-state index is 9.47. The fourth-order valence-electron chi connectivity index (χ4n) is 1.26. The number of hydrogen-bond acceptors (Lipinski definition) is 3. The van der Waals surface area contributed by atoms with Gasteiger partial charge >= 0.3 is 0 Å². The van der Waals surface area contributed by atoms with Crippen LogP contribution in [0.25, 0.3) is 0 Å². The second kappa shape index (κ2) is 6.43. The van der Waals surface area contributed by atoms with Crippen LogP contribution in [0, 0.1) is 0 Å². The lowest BCUT2D eigenvalue weighted by molar-refractivity contribution is 0.186. The minimum atomic E-state index is -0.574. The molecule has 0 saturated carbocycles. The number of rotatable bonds is 6. The summed E-state index contributed by atoms with van der Waals surface area (Å²) in [6.45, 7) is 3.12. The highest BCUT2D eigenvalue weighted by atomic mass is 16.5. The van der Waals surface area contributed by atoms with E-state index >= 15 is 0 Å². The van der Waals surface area contributed by atoms with E-state index in [1.165, 1.54) is 0 Å². The lowest BCUT2D eigenvalue weighted by Gasteiger charge is -2.09. The van der Waals surface area contributed by atoms with Crippen molar-refractivity contribution in [1.29, 1.82) is 0 Å². The largest absolute Gasteiger partial charge is 0.494 e. The second-order valence-electron chi connectivity index (χ2n) is 3.52. The number of aliphatic hydroxyl groups excluding tert-OH is 1.